The van der Waals surface area contributed by atoms with E-state index in [1.165, 1.54) is 5.56 Å². The Morgan fingerprint density at radius 2 is 1.65 bits per heavy atom. The molecule has 1 unspecified atom stereocenters. The van der Waals surface area contributed by atoms with Gasteiger partial charge in [-0.05, 0) is 81.1 Å². The van der Waals surface area contributed by atoms with Gasteiger partial charge in [0.05, 0.1) is 30.5 Å². The van der Waals surface area contributed by atoms with Gasteiger partial charge >= 0.3 is 0 Å². The lowest BCUT2D eigenvalue weighted by atomic mass is 10.1. The SMILES string of the molecule is C=S.CC.Cc1ccc(NCN[C@@H](CCCCN)C(=O)NC(C)C(=O)Nc2ccc3c(c2)CN2C(=O)c4ccccc4C2=N3)cc1. The fourth-order valence-electron chi connectivity index (χ4n) is 5.10. The summed E-state index contributed by atoms with van der Waals surface area (Å²) in [5.41, 5.74) is 11.4. The molecule has 3 amide bonds. The first-order valence-electron chi connectivity index (χ1n) is 15.6. The maximum atomic E-state index is 13.1. The lowest BCUT2D eigenvalue weighted by Crippen LogP contribution is -2.51. The molecule has 5 rings (SSSR count). The highest BCUT2D eigenvalue weighted by molar-refractivity contribution is 7.77. The smallest absolute Gasteiger partial charge is 0.260 e. The number of nitrogens with two attached hydrogens (primary N) is 1. The van der Waals surface area contributed by atoms with Crippen LogP contribution in [-0.4, -0.2) is 59.6 Å². The highest BCUT2D eigenvalue weighted by Crippen LogP contribution is 2.35. The number of unbranched alkanes of at least 4 members (excludes halogenated alkanes) is 1. The fourth-order valence-corrected chi connectivity index (χ4v) is 5.10. The maximum Gasteiger partial charge on any atom is 0.260 e. The van der Waals surface area contributed by atoms with E-state index in [0.29, 0.717) is 43.3 Å². The predicted octanol–water partition coefficient (Wildman–Crippen LogP) is 5.28. The number of thiocarbonyl (C=S) groups is 1. The van der Waals surface area contributed by atoms with Gasteiger partial charge in [0.25, 0.3) is 5.91 Å². The van der Waals surface area contributed by atoms with E-state index in [4.69, 9.17) is 10.7 Å². The Bertz CT molecular complexity index is 1530. The number of aliphatic imine (C=N–C) groups is 1. The zero-order valence-electron chi connectivity index (χ0n) is 27.1. The first kappa shape index (κ1) is 36.0. The second-order valence-corrected chi connectivity index (χ2v) is 10.7. The molecule has 0 bridgehead atoms. The number of fused-ring (bicyclic) bond motifs is 4. The Morgan fingerprint density at radius 3 is 2.35 bits per heavy atom. The third-order valence-electron chi connectivity index (χ3n) is 7.51. The number of aryl methyl sites for hydroxylation is 1. The second-order valence-electron chi connectivity index (χ2n) is 10.7. The quantitative estimate of drug-likeness (QED) is 0.103. The van der Waals surface area contributed by atoms with Gasteiger partial charge in [-0.3, -0.25) is 24.6 Å². The second kappa shape index (κ2) is 17.9. The molecule has 2 heterocycles. The van der Waals surface area contributed by atoms with Crippen molar-refractivity contribution in [1.29, 1.82) is 0 Å². The minimum atomic E-state index is -0.767. The summed E-state index contributed by atoms with van der Waals surface area (Å²) >= 11 is 3.83. The highest BCUT2D eigenvalue weighted by Gasteiger charge is 2.36. The molecule has 2 atom stereocenters. The van der Waals surface area contributed by atoms with Crippen LogP contribution in [0.5, 0.6) is 0 Å². The summed E-state index contributed by atoms with van der Waals surface area (Å²) in [6.07, 6.45) is 2.20. The molecule has 3 aromatic rings. The molecule has 2 aliphatic rings. The molecule has 0 fully saturated rings. The van der Waals surface area contributed by atoms with Crippen molar-refractivity contribution in [2.24, 2.45) is 10.7 Å². The molecule has 10 nitrogen and oxygen atoms in total. The van der Waals surface area contributed by atoms with Crippen molar-refractivity contribution in [1.82, 2.24) is 15.5 Å². The van der Waals surface area contributed by atoms with Crippen LogP contribution in [0.15, 0.2) is 71.7 Å². The van der Waals surface area contributed by atoms with Crippen molar-refractivity contribution in [3.05, 3.63) is 89.0 Å². The van der Waals surface area contributed by atoms with E-state index in [-0.39, 0.29) is 17.7 Å². The largest absolute Gasteiger partial charge is 0.372 e. The van der Waals surface area contributed by atoms with Crippen molar-refractivity contribution >= 4 is 58.7 Å². The highest BCUT2D eigenvalue weighted by atomic mass is 32.1. The predicted molar refractivity (Wildman–Crippen MR) is 191 cm³/mol. The van der Waals surface area contributed by atoms with Crippen LogP contribution in [0.1, 0.15) is 67.1 Å². The van der Waals surface area contributed by atoms with Gasteiger partial charge in [0.15, 0.2) is 0 Å². The Kier molecular flexibility index (Phi) is 14.0. The third-order valence-corrected chi connectivity index (χ3v) is 7.51. The minimum absolute atomic E-state index is 0.0792. The molecule has 0 aliphatic carbocycles. The summed E-state index contributed by atoms with van der Waals surface area (Å²) in [4.78, 5) is 45.5. The number of amidine groups is 1. The normalized spacial score (nSPS) is 13.6. The fraction of sp³-hybridized carbons (Fsp3) is 0.343. The number of amides is 3. The average molecular weight is 644 g/mol. The van der Waals surface area contributed by atoms with Crippen LogP contribution in [0.25, 0.3) is 0 Å². The summed E-state index contributed by atoms with van der Waals surface area (Å²) in [5.74, 6) is 2.82. The zero-order chi connectivity index (χ0) is 33.6. The molecule has 11 heteroatoms. The Labute approximate surface area is 277 Å². The lowest BCUT2D eigenvalue weighted by Gasteiger charge is -2.24. The van der Waals surface area contributed by atoms with Crippen LogP contribution in [0.4, 0.5) is 17.1 Å². The number of nitrogens with one attached hydrogen (secondary N) is 4. The van der Waals surface area contributed by atoms with Crippen molar-refractivity contribution < 1.29 is 14.4 Å². The third kappa shape index (κ3) is 9.06. The standard InChI is InChI=1S/C32H37N7O3.C2H6.CH2S/c1-20-10-12-23(13-11-20)34-19-35-28(9-5-6-16-33)31(41)36-21(2)30(40)37-24-14-15-27-22(17-24)18-39-29(38-27)25-7-3-4-8-26(25)32(39)42;2*1-2/h3-4,7-8,10-15,17,21,28,34-35H,5-6,9,16,18-19,33H2,1-2H3,(H,36,41)(H,37,40);1-2H3;1H2/t21?,28-;;/m0../s1. The van der Waals surface area contributed by atoms with E-state index in [1.54, 1.807) is 17.9 Å². The molecular weight excluding hydrogens is 598 g/mol. The first-order chi connectivity index (χ1) is 22.3. The molecule has 244 valence electrons. The summed E-state index contributed by atoms with van der Waals surface area (Å²) < 4.78 is 0. The van der Waals surface area contributed by atoms with Gasteiger partial charge in [-0.15, -0.1) is 0 Å². The molecule has 0 saturated heterocycles. The van der Waals surface area contributed by atoms with E-state index in [2.05, 4.69) is 39.4 Å². The van der Waals surface area contributed by atoms with E-state index < -0.39 is 12.1 Å². The number of carbonyl (C=O) groups is 3. The number of benzene rings is 3. The van der Waals surface area contributed by atoms with Crippen molar-refractivity contribution in [2.45, 2.75) is 65.6 Å². The molecule has 0 radical (unpaired) electrons. The number of hydrogen-bond donors (Lipinski definition) is 5. The van der Waals surface area contributed by atoms with Crippen LogP contribution >= 0.6 is 12.2 Å². The topological polar surface area (TPSA) is 141 Å². The summed E-state index contributed by atoms with van der Waals surface area (Å²) in [7, 11) is 0. The summed E-state index contributed by atoms with van der Waals surface area (Å²) in [6, 6.07) is 19.7. The van der Waals surface area contributed by atoms with Crippen LogP contribution in [0.2, 0.25) is 0 Å². The molecule has 2 aliphatic heterocycles. The van der Waals surface area contributed by atoms with Crippen LogP contribution in [0.3, 0.4) is 0 Å². The van der Waals surface area contributed by atoms with Gasteiger partial charge in [0.1, 0.15) is 11.9 Å². The molecule has 3 aromatic carbocycles. The van der Waals surface area contributed by atoms with Gasteiger partial charge < -0.3 is 21.7 Å². The Morgan fingerprint density at radius 1 is 0.978 bits per heavy atom. The van der Waals surface area contributed by atoms with E-state index in [0.717, 1.165) is 35.3 Å². The van der Waals surface area contributed by atoms with Gasteiger partial charge in [-0.25, -0.2) is 4.99 Å². The molecule has 0 spiro atoms. The summed E-state index contributed by atoms with van der Waals surface area (Å²) in [6.45, 7) is 9.01. The van der Waals surface area contributed by atoms with Crippen molar-refractivity contribution in [3.8, 4) is 0 Å². The Balaban J connectivity index is 0.00000139. The summed E-state index contributed by atoms with van der Waals surface area (Å²) in [5, 5.41) is 12.3. The number of rotatable bonds is 12. The van der Waals surface area contributed by atoms with Gasteiger partial charge in [0, 0.05) is 16.9 Å². The van der Waals surface area contributed by atoms with E-state index in [1.807, 2.05) is 81.4 Å². The van der Waals surface area contributed by atoms with E-state index >= 15 is 0 Å². The number of anilines is 2. The monoisotopic (exact) mass is 643 g/mol. The molecule has 6 N–H and O–H groups in total. The van der Waals surface area contributed by atoms with Gasteiger partial charge in [-0.1, -0.05) is 68.4 Å². The zero-order valence-corrected chi connectivity index (χ0v) is 27.9. The van der Waals surface area contributed by atoms with Crippen LogP contribution < -0.4 is 27.0 Å². The number of hydrogen-bond acceptors (Lipinski definition) is 8. The van der Waals surface area contributed by atoms with Crippen molar-refractivity contribution in [2.75, 3.05) is 23.8 Å². The average Bonchev–Trinajstić information content (AvgIpc) is 3.36. The van der Waals surface area contributed by atoms with Crippen LogP contribution in [-0.2, 0) is 16.1 Å². The van der Waals surface area contributed by atoms with Crippen molar-refractivity contribution in [3.63, 3.8) is 0 Å². The molecule has 0 aromatic heterocycles. The molecule has 46 heavy (non-hydrogen) atoms. The van der Waals surface area contributed by atoms with Gasteiger partial charge in [0.2, 0.25) is 11.8 Å². The number of nitrogens with zero attached hydrogens (tertiary/aromatic N) is 2. The van der Waals surface area contributed by atoms with Gasteiger partial charge in [-0.2, -0.15) is 0 Å². The first-order valence-corrected chi connectivity index (χ1v) is 16.2. The maximum absolute atomic E-state index is 13.1. The minimum Gasteiger partial charge on any atom is -0.372 e. The Hall–Kier alpha value is -4.45. The lowest BCUT2D eigenvalue weighted by molar-refractivity contribution is -0.127. The van der Waals surface area contributed by atoms with Crippen LogP contribution in [0, 0.1) is 6.92 Å². The molecular formula is C35H45N7O3S. The molecule has 0 saturated carbocycles. The number of carbonyl (C=O) groups excluding carboxylic acids is 3. The van der Waals surface area contributed by atoms with E-state index in [9.17, 15) is 14.4 Å².